The molecule has 0 aliphatic carbocycles. The molecule has 0 aliphatic rings. The first-order chi connectivity index (χ1) is 11.4. The van der Waals surface area contributed by atoms with E-state index in [1.807, 2.05) is 0 Å². The van der Waals surface area contributed by atoms with Crippen molar-refractivity contribution in [2.45, 2.75) is 19.4 Å². The molecule has 2 rings (SSSR count). The van der Waals surface area contributed by atoms with E-state index in [0.717, 1.165) is 12.1 Å². The Bertz CT molecular complexity index is 746. The number of halogens is 4. The number of benzene rings is 1. The van der Waals surface area contributed by atoms with Crippen LogP contribution in [0.1, 0.15) is 12.6 Å². The summed E-state index contributed by atoms with van der Waals surface area (Å²) < 4.78 is 42.0. The van der Waals surface area contributed by atoms with Gasteiger partial charge in [0.2, 0.25) is 0 Å². The summed E-state index contributed by atoms with van der Waals surface area (Å²) in [5.41, 5.74) is -0.195. The van der Waals surface area contributed by atoms with Crippen LogP contribution in [0.25, 0.3) is 11.4 Å². The van der Waals surface area contributed by atoms with E-state index in [-0.39, 0.29) is 40.3 Å². The average molecular weight is 406 g/mol. The molecule has 1 aromatic heterocycles. The lowest BCUT2D eigenvalue weighted by Crippen LogP contribution is -2.24. The first-order valence-corrected chi connectivity index (χ1v) is 7.90. The monoisotopic (exact) mass is 405 g/mol. The van der Waals surface area contributed by atoms with Gasteiger partial charge >= 0.3 is 0 Å². The second kappa shape index (κ2) is 7.91. The maximum absolute atomic E-state index is 14.3. The van der Waals surface area contributed by atoms with Gasteiger partial charge in [-0.25, -0.2) is 23.1 Å². The highest BCUT2D eigenvalue weighted by atomic mass is 79.9. The third-order valence-electron chi connectivity index (χ3n) is 3.22. The van der Waals surface area contributed by atoms with Crippen LogP contribution in [0.3, 0.4) is 0 Å². The standard InChI is InChI=1S/C15H15BrF3N3O2/c1-2-12-13(19)15(20-5-7(24)6-23)22-14(21-12)8-3-11(18)9(16)4-10(8)17/h3-4,7,23-24H,2,5-6H2,1H3,(H,20,21,22)/t7-/m1/s1. The zero-order valence-electron chi connectivity index (χ0n) is 12.7. The Morgan fingerprint density at radius 3 is 2.54 bits per heavy atom. The Morgan fingerprint density at radius 1 is 1.21 bits per heavy atom. The lowest BCUT2D eigenvalue weighted by molar-refractivity contribution is 0.105. The van der Waals surface area contributed by atoms with Crippen LogP contribution >= 0.6 is 15.9 Å². The van der Waals surface area contributed by atoms with Crippen LogP contribution in [0.5, 0.6) is 0 Å². The summed E-state index contributed by atoms with van der Waals surface area (Å²) in [5, 5.41) is 20.7. The molecule has 5 nitrogen and oxygen atoms in total. The van der Waals surface area contributed by atoms with Gasteiger partial charge in [0.1, 0.15) is 11.6 Å². The highest BCUT2D eigenvalue weighted by molar-refractivity contribution is 9.10. The number of aromatic nitrogens is 2. The van der Waals surface area contributed by atoms with Crippen LogP contribution in [-0.4, -0.2) is 39.4 Å². The lowest BCUT2D eigenvalue weighted by atomic mass is 10.1. The van der Waals surface area contributed by atoms with E-state index in [1.54, 1.807) is 6.92 Å². The van der Waals surface area contributed by atoms with E-state index in [4.69, 9.17) is 5.11 Å². The molecule has 3 N–H and O–H groups in total. The third-order valence-corrected chi connectivity index (χ3v) is 3.83. The summed E-state index contributed by atoms with van der Waals surface area (Å²) in [6, 6.07) is 1.85. The number of aliphatic hydroxyl groups excluding tert-OH is 2. The molecule has 0 saturated heterocycles. The smallest absolute Gasteiger partial charge is 0.186 e. The average Bonchev–Trinajstić information content (AvgIpc) is 2.57. The fourth-order valence-corrected chi connectivity index (χ4v) is 2.25. The highest BCUT2D eigenvalue weighted by Crippen LogP contribution is 2.28. The first kappa shape index (κ1) is 18.6. The molecule has 0 spiro atoms. The molecule has 130 valence electrons. The molecule has 9 heteroatoms. The quantitative estimate of drug-likeness (QED) is 0.643. The molecule has 1 aromatic carbocycles. The van der Waals surface area contributed by atoms with Crippen molar-refractivity contribution < 1.29 is 23.4 Å². The number of anilines is 1. The maximum Gasteiger partial charge on any atom is 0.186 e. The number of nitrogens with one attached hydrogen (secondary N) is 1. The molecule has 0 saturated carbocycles. The van der Waals surface area contributed by atoms with Gasteiger partial charge in [0.15, 0.2) is 17.5 Å². The van der Waals surface area contributed by atoms with Crippen LogP contribution in [-0.2, 0) is 6.42 Å². The number of hydrogen-bond acceptors (Lipinski definition) is 5. The summed E-state index contributed by atoms with van der Waals surface area (Å²) in [4.78, 5) is 7.82. The molecule has 2 aromatic rings. The largest absolute Gasteiger partial charge is 0.394 e. The second-order valence-electron chi connectivity index (χ2n) is 4.97. The molecule has 24 heavy (non-hydrogen) atoms. The Hall–Kier alpha value is -1.71. The van der Waals surface area contributed by atoms with Gasteiger partial charge in [-0.1, -0.05) is 6.92 Å². The zero-order valence-corrected chi connectivity index (χ0v) is 14.2. The van der Waals surface area contributed by atoms with E-state index in [2.05, 4.69) is 31.2 Å². The van der Waals surface area contributed by atoms with E-state index in [1.165, 1.54) is 0 Å². The molecular weight excluding hydrogens is 391 g/mol. The summed E-state index contributed by atoms with van der Waals surface area (Å²) in [6.07, 6.45) is -0.908. The summed E-state index contributed by atoms with van der Waals surface area (Å²) >= 11 is 2.88. The predicted octanol–water partition coefficient (Wildman–Crippen LogP) is 2.65. The minimum Gasteiger partial charge on any atom is -0.394 e. The minimum atomic E-state index is -1.12. The van der Waals surface area contributed by atoms with E-state index in [9.17, 15) is 18.3 Å². The van der Waals surface area contributed by atoms with Crippen LogP contribution in [0.4, 0.5) is 19.0 Å². The van der Waals surface area contributed by atoms with Gasteiger partial charge in [0.25, 0.3) is 0 Å². The Balaban J connectivity index is 2.49. The topological polar surface area (TPSA) is 78.3 Å². The SMILES string of the molecule is CCc1nc(-c2cc(F)c(Br)cc2F)nc(NC[C@@H](O)CO)c1F. The molecular formula is C15H15BrF3N3O2. The van der Waals surface area contributed by atoms with E-state index >= 15 is 0 Å². The maximum atomic E-state index is 14.3. The number of aryl methyl sites for hydroxylation is 1. The molecule has 1 atom stereocenters. The van der Waals surface area contributed by atoms with Crippen molar-refractivity contribution in [3.8, 4) is 11.4 Å². The second-order valence-corrected chi connectivity index (χ2v) is 5.83. The van der Waals surface area contributed by atoms with Gasteiger partial charge in [-0.05, 0) is 34.5 Å². The normalized spacial score (nSPS) is 12.3. The highest BCUT2D eigenvalue weighted by Gasteiger charge is 2.18. The summed E-state index contributed by atoms with van der Waals surface area (Å²) in [5.74, 6) is -2.66. The van der Waals surface area contributed by atoms with Crippen molar-refractivity contribution >= 4 is 21.7 Å². The number of aliphatic hydroxyl groups is 2. The molecule has 0 bridgehead atoms. The van der Waals surface area contributed by atoms with Crippen LogP contribution < -0.4 is 5.32 Å². The molecule has 0 amide bonds. The van der Waals surface area contributed by atoms with Gasteiger partial charge in [0, 0.05) is 6.54 Å². The van der Waals surface area contributed by atoms with Crippen LogP contribution in [0, 0.1) is 17.5 Å². The van der Waals surface area contributed by atoms with Gasteiger partial charge in [0.05, 0.1) is 28.4 Å². The molecule has 0 radical (unpaired) electrons. The van der Waals surface area contributed by atoms with Crippen molar-refractivity contribution in [3.05, 3.63) is 39.8 Å². The van der Waals surface area contributed by atoms with Crippen molar-refractivity contribution in [1.29, 1.82) is 0 Å². The number of nitrogens with zero attached hydrogens (tertiary/aromatic N) is 2. The number of rotatable bonds is 6. The van der Waals surface area contributed by atoms with Gasteiger partial charge in [-0.2, -0.15) is 0 Å². The van der Waals surface area contributed by atoms with Crippen molar-refractivity contribution in [1.82, 2.24) is 9.97 Å². The molecule has 0 aliphatic heterocycles. The molecule has 1 heterocycles. The fourth-order valence-electron chi connectivity index (χ4n) is 1.94. The Labute approximate surface area is 144 Å². The third kappa shape index (κ3) is 4.03. The van der Waals surface area contributed by atoms with E-state index in [0.29, 0.717) is 0 Å². The van der Waals surface area contributed by atoms with E-state index < -0.39 is 30.2 Å². The van der Waals surface area contributed by atoms with Crippen molar-refractivity contribution in [3.63, 3.8) is 0 Å². The first-order valence-electron chi connectivity index (χ1n) is 7.11. The lowest BCUT2D eigenvalue weighted by Gasteiger charge is -2.13. The molecule has 0 unspecified atom stereocenters. The van der Waals surface area contributed by atoms with Crippen LogP contribution in [0.2, 0.25) is 0 Å². The van der Waals surface area contributed by atoms with Crippen LogP contribution in [0.15, 0.2) is 16.6 Å². The minimum absolute atomic E-state index is 0.0173. The van der Waals surface area contributed by atoms with Gasteiger partial charge in [-0.15, -0.1) is 0 Å². The van der Waals surface area contributed by atoms with Crippen molar-refractivity contribution in [2.75, 3.05) is 18.5 Å². The van der Waals surface area contributed by atoms with Crippen molar-refractivity contribution in [2.24, 2.45) is 0 Å². The summed E-state index contributed by atoms with van der Waals surface area (Å²) in [7, 11) is 0. The number of hydrogen-bond donors (Lipinski definition) is 3. The van der Waals surface area contributed by atoms with Gasteiger partial charge < -0.3 is 15.5 Å². The molecule has 0 fully saturated rings. The van der Waals surface area contributed by atoms with Gasteiger partial charge in [-0.3, -0.25) is 0 Å². The summed E-state index contributed by atoms with van der Waals surface area (Å²) in [6.45, 7) is 0.976. The predicted molar refractivity (Wildman–Crippen MR) is 86.0 cm³/mol. The Morgan fingerprint density at radius 2 is 1.92 bits per heavy atom. The zero-order chi connectivity index (χ0) is 17.9. The fraction of sp³-hybridized carbons (Fsp3) is 0.333. The Kier molecular flexibility index (Phi) is 6.14.